The Morgan fingerprint density at radius 1 is 1.26 bits per heavy atom. The van der Waals surface area contributed by atoms with Gasteiger partial charge in [0.2, 0.25) is 10.0 Å². The number of benzene rings is 1. The van der Waals surface area contributed by atoms with E-state index in [1.807, 2.05) is 12.1 Å². The Morgan fingerprint density at radius 2 is 1.95 bits per heavy atom. The third-order valence-electron chi connectivity index (χ3n) is 2.73. The Kier molecular flexibility index (Phi) is 3.57. The van der Waals surface area contributed by atoms with E-state index in [-0.39, 0.29) is 0 Å². The largest absolute Gasteiger partial charge is 0.281 e. The molecule has 1 N–H and O–H groups in total. The second kappa shape index (κ2) is 4.76. The van der Waals surface area contributed by atoms with Crippen LogP contribution in [-0.4, -0.2) is 18.1 Å². The zero-order valence-corrected chi connectivity index (χ0v) is 13.3. The van der Waals surface area contributed by atoms with Gasteiger partial charge < -0.3 is 0 Å². The first kappa shape index (κ1) is 14.3. The van der Waals surface area contributed by atoms with Crippen LogP contribution in [0.3, 0.4) is 0 Å². The van der Waals surface area contributed by atoms with E-state index in [1.165, 1.54) is 0 Å². The summed E-state index contributed by atoms with van der Waals surface area (Å²) in [4.78, 5) is 4.27. The average molecular weight is 343 g/mol. The SMILES string of the molecule is CC(C)(C)S(=O)(=O)Nc1cccc2cc(Br)cnc12. The summed E-state index contributed by atoms with van der Waals surface area (Å²) in [7, 11) is -3.45. The second-order valence-electron chi connectivity index (χ2n) is 5.25. The van der Waals surface area contributed by atoms with Gasteiger partial charge in [-0.2, -0.15) is 0 Å². The molecule has 0 unspecified atom stereocenters. The highest BCUT2D eigenvalue weighted by atomic mass is 79.9. The van der Waals surface area contributed by atoms with Gasteiger partial charge in [0.15, 0.2) is 0 Å². The molecule has 1 heterocycles. The lowest BCUT2D eigenvalue weighted by molar-refractivity contribution is 0.566. The zero-order chi connectivity index (χ0) is 14.3. The smallest absolute Gasteiger partial charge is 0.237 e. The third kappa shape index (κ3) is 2.90. The number of para-hydroxylation sites is 1. The van der Waals surface area contributed by atoms with Crippen LogP contribution in [0.4, 0.5) is 5.69 Å². The molecular formula is C13H15BrN2O2S. The van der Waals surface area contributed by atoms with Crippen molar-refractivity contribution in [2.24, 2.45) is 0 Å². The topological polar surface area (TPSA) is 59.1 Å². The molecule has 0 aliphatic rings. The molecule has 0 spiro atoms. The van der Waals surface area contributed by atoms with Crippen LogP contribution >= 0.6 is 15.9 Å². The summed E-state index contributed by atoms with van der Waals surface area (Å²) in [5, 5.41) is 0.878. The van der Waals surface area contributed by atoms with E-state index in [0.29, 0.717) is 11.2 Å². The van der Waals surface area contributed by atoms with Crippen LogP contribution in [0.2, 0.25) is 0 Å². The van der Waals surface area contributed by atoms with E-state index in [0.717, 1.165) is 9.86 Å². The molecule has 4 nitrogen and oxygen atoms in total. The highest BCUT2D eigenvalue weighted by Gasteiger charge is 2.29. The van der Waals surface area contributed by atoms with Crippen LogP contribution in [0, 0.1) is 0 Å². The number of sulfonamides is 1. The minimum absolute atomic E-state index is 0.500. The zero-order valence-electron chi connectivity index (χ0n) is 10.9. The normalized spacial score (nSPS) is 12.6. The van der Waals surface area contributed by atoms with Crippen molar-refractivity contribution in [3.05, 3.63) is 34.9 Å². The summed E-state index contributed by atoms with van der Waals surface area (Å²) in [6, 6.07) is 7.31. The van der Waals surface area contributed by atoms with Gasteiger partial charge in [0.25, 0.3) is 0 Å². The van der Waals surface area contributed by atoms with Gasteiger partial charge in [0.05, 0.1) is 16.0 Å². The number of fused-ring (bicyclic) bond motifs is 1. The molecule has 1 aromatic carbocycles. The van der Waals surface area contributed by atoms with Crippen LogP contribution in [0.1, 0.15) is 20.8 Å². The van der Waals surface area contributed by atoms with Crippen LogP contribution in [0.25, 0.3) is 10.9 Å². The van der Waals surface area contributed by atoms with Crippen LogP contribution in [0.5, 0.6) is 0 Å². The molecule has 0 amide bonds. The van der Waals surface area contributed by atoms with Crippen molar-refractivity contribution in [3.8, 4) is 0 Å². The maximum absolute atomic E-state index is 12.2. The number of rotatable bonds is 2. The first-order chi connectivity index (χ1) is 8.71. The van der Waals surface area contributed by atoms with Crippen molar-refractivity contribution < 1.29 is 8.42 Å². The van der Waals surface area contributed by atoms with E-state index < -0.39 is 14.8 Å². The summed E-state index contributed by atoms with van der Waals surface area (Å²) in [5.41, 5.74) is 1.14. The molecule has 19 heavy (non-hydrogen) atoms. The van der Waals surface area contributed by atoms with Gasteiger partial charge in [0.1, 0.15) is 0 Å². The van der Waals surface area contributed by atoms with Gasteiger partial charge in [-0.3, -0.25) is 9.71 Å². The van der Waals surface area contributed by atoms with Crippen molar-refractivity contribution in [1.82, 2.24) is 4.98 Å². The molecule has 0 radical (unpaired) electrons. The average Bonchev–Trinajstić information content (AvgIpc) is 2.26. The van der Waals surface area contributed by atoms with Crippen LogP contribution in [-0.2, 0) is 10.0 Å². The number of nitrogens with one attached hydrogen (secondary N) is 1. The molecule has 0 saturated heterocycles. The fraction of sp³-hybridized carbons (Fsp3) is 0.308. The molecular weight excluding hydrogens is 328 g/mol. The monoisotopic (exact) mass is 342 g/mol. The fourth-order valence-electron chi connectivity index (χ4n) is 1.51. The van der Waals surface area contributed by atoms with E-state index in [4.69, 9.17) is 0 Å². The highest BCUT2D eigenvalue weighted by Crippen LogP contribution is 2.27. The summed E-state index contributed by atoms with van der Waals surface area (Å²) >= 11 is 3.35. The molecule has 6 heteroatoms. The van der Waals surface area contributed by atoms with E-state index in [1.54, 1.807) is 39.1 Å². The Labute approximate surface area is 121 Å². The molecule has 0 atom stereocenters. The molecule has 0 fully saturated rings. The lowest BCUT2D eigenvalue weighted by atomic mass is 10.2. The Hall–Kier alpha value is -1.14. The molecule has 0 saturated carbocycles. The number of nitrogens with zero attached hydrogens (tertiary/aromatic N) is 1. The molecule has 0 aliphatic heterocycles. The summed E-state index contributed by atoms with van der Waals surface area (Å²) in [6.07, 6.45) is 1.65. The number of pyridine rings is 1. The molecule has 0 aliphatic carbocycles. The highest BCUT2D eigenvalue weighted by molar-refractivity contribution is 9.10. The summed E-state index contributed by atoms with van der Waals surface area (Å²) in [6.45, 7) is 4.97. The number of hydrogen-bond donors (Lipinski definition) is 1. The Balaban J connectivity index is 2.53. The Morgan fingerprint density at radius 3 is 2.58 bits per heavy atom. The number of aromatic nitrogens is 1. The van der Waals surface area contributed by atoms with Crippen molar-refractivity contribution in [2.75, 3.05) is 4.72 Å². The predicted molar refractivity (Wildman–Crippen MR) is 81.7 cm³/mol. The number of anilines is 1. The number of hydrogen-bond acceptors (Lipinski definition) is 3. The van der Waals surface area contributed by atoms with Gasteiger partial charge in [-0.05, 0) is 48.8 Å². The molecule has 102 valence electrons. The maximum atomic E-state index is 12.2. The van der Waals surface area contributed by atoms with Crippen molar-refractivity contribution in [1.29, 1.82) is 0 Å². The minimum Gasteiger partial charge on any atom is -0.281 e. The summed E-state index contributed by atoms with van der Waals surface area (Å²) < 4.78 is 27.0. The lowest BCUT2D eigenvalue weighted by Gasteiger charge is -2.20. The van der Waals surface area contributed by atoms with Crippen molar-refractivity contribution >= 4 is 42.5 Å². The van der Waals surface area contributed by atoms with E-state index >= 15 is 0 Å². The van der Waals surface area contributed by atoms with Gasteiger partial charge in [0, 0.05) is 16.1 Å². The van der Waals surface area contributed by atoms with Crippen molar-refractivity contribution in [2.45, 2.75) is 25.5 Å². The quantitative estimate of drug-likeness (QED) is 0.907. The van der Waals surface area contributed by atoms with Crippen molar-refractivity contribution in [3.63, 3.8) is 0 Å². The van der Waals surface area contributed by atoms with Gasteiger partial charge in [-0.15, -0.1) is 0 Å². The lowest BCUT2D eigenvalue weighted by Crippen LogP contribution is -2.33. The van der Waals surface area contributed by atoms with E-state index in [2.05, 4.69) is 25.6 Å². The maximum Gasteiger partial charge on any atom is 0.237 e. The fourth-order valence-corrected chi connectivity index (χ4v) is 2.62. The minimum atomic E-state index is -3.45. The summed E-state index contributed by atoms with van der Waals surface area (Å²) in [5.74, 6) is 0. The second-order valence-corrected chi connectivity index (χ2v) is 8.60. The Bertz CT molecular complexity index is 721. The van der Waals surface area contributed by atoms with Gasteiger partial charge >= 0.3 is 0 Å². The first-order valence-electron chi connectivity index (χ1n) is 5.77. The van der Waals surface area contributed by atoms with Gasteiger partial charge in [-0.25, -0.2) is 8.42 Å². The first-order valence-corrected chi connectivity index (χ1v) is 8.05. The van der Waals surface area contributed by atoms with Crippen LogP contribution < -0.4 is 4.72 Å². The van der Waals surface area contributed by atoms with Gasteiger partial charge in [-0.1, -0.05) is 12.1 Å². The molecule has 2 rings (SSSR count). The van der Waals surface area contributed by atoms with Crippen LogP contribution in [0.15, 0.2) is 34.9 Å². The number of halogens is 1. The standard InChI is InChI=1S/C13H15BrN2O2S/c1-13(2,3)19(17,18)16-11-6-4-5-9-7-10(14)8-15-12(9)11/h4-8,16H,1-3H3. The molecule has 2 aromatic rings. The van der Waals surface area contributed by atoms with E-state index in [9.17, 15) is 8.42 Å². The molecule has 1 aromatic heterocycles. The predicted octanol–water partition coefficient (Wildman–Crippen LogP) is 3.54. The molecule has 0 bridgehead atoms. The third-order valence-corrected chi connectivity index (χ3v) is 5.26.